The Morgan fingerprint density at radius 1 is 1.33 bits per heavy atom. The van der Waals surface area contributed by atoms with Crippen LogP contribution in [0.5, 0.6) is 0 Å². The molecular weight excluding hydrogens is 347 g/mol. The van der Waals surface area contributed by atoms with E-state index in [0.717, 1.165) is 5.69 Å². The average Bonchev–Trinajstić information content (AvgIpc) is 2.38. The highest BCUT2D eigenvalue weighted by Gasteiger charge is 2.29. The molecule has 1 fully saturated rings. The standard InChI is InChI=1S/C12H15IN2O3/c13-9-1-3-10(4-2-9)14-5-6-15(12(17)18)11(7-14)8-16/h1-4,11,16H,5-8H2,(H,17,18)/t11-/m0/s1. The Balaban J connectivity index is 2.09. The Kier molecular flexibility index (Phi) is 4.28. The first-order valence-corrected chi connectivity index (χ1v) is 6.80. The first kappa shape index (κ1) is 13.4. The van der Waals surface area contributed by atoms with Crippen LogP contribution in [0, 0.1) is 3.57 Å². The second kappa shape index (κ2) is 5.75. The highest BCUT2D eigenvalue weighted by atomic mass is 127. The van der Waals surface area contributed by atoms with E-state index in [0.29, 0.717) is 19.6 Å². The molecule has 18 heavy (non-hydrogen) atoms. The number of carbonyl (C=O) groups is 1. The van der Waals surface area contributed by atoms with Crippen molar-refractivity contribution >= 4 is 34.4 Å². The van der Waals surface area contributed by atoms with Crippen LogP contribution in [-0.2, 0) is 0 Å². The number of aliphatic hydroxyl groups excluding tert-OH is 1. The lowest BCUT2D eigenvalue weighted by Gasteiger charge is -2.40. The fourth-order valence-corrected chi connectivity index (χ4v) is 2.51. The first-order valence-electron chi connectivity index (χ1n) is 5.72. The zero-order valence-electron chi connectivity index (χ0n) is 9.79. The highest BCUT2D eigenvalue weighted by Crippen LogP contribution is 2.20. The summed E-state index contributed by atoms with van der Waals surface area (Å²) in [6.07, 6.45) is -0.962. The van der Waals surface area contributed by atoms with Crippen molar-refractivity contribution in [3.8, 4) is 0 Å². The molecule has 0 aliphatic carbocycles. The van der Waals surface area contributed by atoms with Gasteiger partial charge in [0.2, 0.25) is 0 Å². The molecule has 0 aromatic heterocycles. The summed E-state index contributed by atoms with van der Waals surface area (Å²) < 4.78 is 1.17. The van der Waals surface area contributed by atoms with Gasteiger partial charge in [0, 0.05) is 28.9 Å². The quantitative estimate of drug-likeness (QED) is 0.782. The molecule has 0 bridgehead atoms. The molecule has 1 aliphatic heterocycles. The van der Waals surface area contributed by atoms with E-state index in [9.17, 15) is 9.90 Å². The van der Waals surface area contributed by atoms with E-state index in [2.05, 4.69) is 27.5 Å². The summed E-state index contributed by atoms with van der Waals surface area (Å²) in [6.45, 7) is 1.46. The van der Waals surface area contributed by atoms with Gasteiger partial charge in [0.15, 0.2) is 0 Å². The maximum Gasteiger partial charge on any atom is 0.407 e. The molecule has 0 radical (unpaired) electrons. The van der Waals surface area contributed by atoms with Crippen LogP contribution in [-0.4, -0.2) is 53.5 Å². The van der Waals surface area contributed by atoms with Crippen molar-refractivity contribution in [2.45, 2.75) is 6.04 Å². The Hall–Kier alpha value is -1.02. The minimum absolute atomic E-state index is 0.146. The van der Waals surface area contributed by atoms with Crippen molar-refractivity contribution in [3.05, 3.63) is 27.8 Å². The molecule has 1 amide bonds. The normalized spacial score (nSPS) is 20.0. The molecule has 1 aliphatic rings. The van der Waals surface area contributed by atoms with Gasteiger partial charge in [0.1, 0.15) is 0 Å². The van der Waals surface area contributed by atoms with Crippen LogP contribution in [0.25, 0.3) is 0 Å². The number of nitrogens with zero attached hydrogens (tertiary/aromatic N) is 2. The third-order valence-electron chi connectivity index (χ3n) is 3.13. The molecule has 2 rings (SSSR count). The number of amides is 1. The monoisotopic (exact) mass is 362 g/mol. The van der Waals surface area contributed by atoms with Gasteiger partial charge in [0.25, 0.3) is 0 Å². The molecule has 1 saturated heterocycles. The zero-order chi connectivity index (χ0) is 13.1. The topological polar surface area (TPSA) is 64.0 Å². The van der Waals surface area contributed by atoms with Crippen LogP contribution in [0.3, 0.4) is 0 Å². The maximum atomic E-state index is 11.0. The van der Waals surface area contributed by atoms with Gasteiger partial charge in [-0.15, -0.1) is 0 Å². The molecule has 1 atom stereocenters. The van der Waals surface area contributed by atoms with Gasteiger partial charge in [-0.25, -0.2) is 4.79 Å². The largest absolute Gasteiger partial charge is 0.465 e. The molecule has 0 spiro atoms. The summed E-state index contributed by atoms with van der Waals surface area (Å²) >= 11 is 2.25. The second-order valence-electron chi connectivity index (χ2n) is 4.23. The van der Waals surface area contributed by atoms with E-state index in [-0.39, 0.29) is 12.6 Å². The van der Waals surface area contributed by atoms with Crippen molar-refractivity contribution in [2.24, 2.45) is 0 Å². The summed E-state index contributed by atoms with van der Waals surface area (Å²) in [7, 11) is 0. The average molecular weight is 362 g/mol. The fraction of sp³-hybridized carbons (Fsp3) is 0.417. The molecule has 2 N–H and O–H groups in total. The lowest BCUT2D eigenvalue weighted by molar-refractivity contribution is 0.0910. The smallest absolute Gasteiger partial charge is 0.407 e. The Bertz CT molecular complexity index is 424. The van der Waals surface area contributed by atoms with Crippen LogP contribution >= 0.6 is 22.6 Å². The molecule has 5 nitrogen and oxygen atoms in total. The van der Waals surface area contributed by atoms with Crippen molar-refractivity contribution in [1.82, 2.24) is 4.90 Å². The van der Waals surface area contributed by atoms with E-state index < -0.39 is 6.09 Å². The lowest BCUT2D eigenvalue weighted by atomic mass is 10.1. The van der Waals surface area contributed by atoms with Crippen molar-refractivity contribution in [3.63, 3.8) is 0 Å². The molecule has 1 aromatic carbocycles. The molecule has 1 aromatic rings. The van der Waals surface area contributed by atoms with Crippen LogP contribution in [0.15, 0.2) is 24.3 Å². The van der Waals surface area contributed by atoms with Gasteiger partial charge in [-0.2, -0.15) is 0 Å². The van der Waals surface area contributed by atoms with Crippen molar-refractivity contribution in [1.29, 1.82) is 0 Å². The minimum atomic E-state index is -0.962. The van der Waals surface area contributed by atoms with Crippen molar-refractivity contribution < 1.29 is 15.0 Å². The predicted molar refractivity (Wildman–Crippen MR) is 77.0 cm³/mol. The number of carboxylic acid groups (broad SMARTS) is 1. The van der Waals surface area contributed by atoms with E-state index in [4.69, 9.17) is 5.11 Å². The number of rotatable bonds is 2. The van der Waals surface area contributed by atoms with Gasteiger partial charge in [-0.1, -0.05) is 0 Å². The third kappa shape index (κ3) is 2.86. The predicted octanol–water partition coefficient (Wildman–Crippen LogP) is 1.45. The molecule has 98 valence electrons. The number of benzene rings is 1. The van der Waals surface area contributed by atoms with Gasteiger partial charge < -0.3 is 15.1 Å². The summed E-state index contributed by atoms with van der Waals surface area (Å²) in [6, 6.07) is 7.73. The van der Waals surface area contributed by atoms with Gasteiger partial charge >= 0.3 is 6.09 Å². The Morgan fingerprint density at radius 2 is 2.00 bits per heavy atom. The lowest BCUT2D eigenvalue weighted by Crippen LogP contribution is -2.56. The van der Waals surface area contributed by atoms with Crippen LogP contribution in [0.4, 0.5) is 10.5 Å². The van der Waals surface area contributed by atoms with Crippen LogP contribution < -0.4 is 4.90 Å². The Morgan fingerprint density at radius 3 is 2.56 bits per heavy atom. The molecule has 1 heterocycles. The third-order valence-corrected chi connectivity index (χ3v) is 3.85. The van der Waals surface area contributed by atoms with Gasteiger partial charge in [0.05, 0.1) is 12.6 Å². The van der Waals surface area contributed by atoms with E-state index in [1.165, 1.54) is 8.47 Å². The Labute approximate surface area is 119 Å². The molecule has 0 unspecified atom stereocenters. The number of hydrogen-bond donors (Lipinski definition) is 2. The number of piperazine rings is 1. The van der Waals surface area contributed by atoms with E-state index in [1.54, 1.807) is 0 Å². The van der Waals surface area contributed by atoms with Crippen LogP contribution in [0.2, 0.25) is 0 Å². The summed E-state index contributed by atoms with van der Waals surface area (Å²) in [4.78, 5) is 14.4. The number of hydrogen-bond acceptors (Lipinski definition) is 3. The van der Waals surface area contributed by atoms with Gasteiger partial charge in [-0.05, 0) is 46.9 Å². The maximum absolute atomic E-state index is 11.0. The van der Waals surface area contributed by atoms with E-state index in [1.807, 2.05) is 24.3 Å². The second-order valence-corrected chi connectivity index (χ2v) is 5.48. The minimum Gasteiger partial charge on any atom is -0.465 e. The summed E-state index contributed by atoms with van der Waals surface area (Å²) in [5, 5.41) is 18.3. The van der Waals surface area contributed by atoms with E-state index >= 15 is 0 Å². The highest BCUT2D eigenvalue weighted by molar-refractivity contribution is 14.1. The molecule has 6 heteroatoms. The molecule has 0 saturated carbocycles. The molecular formula is C12H15IN2O3. The van der Waals surface area contributed by atoms with Crippen LogP contribution in [0.1, 0.15) is 0 Å². The first-order chi connectivity index (χ1) is 8.61. The number of anilines is 1. The SMILES string of the molecule is O=C(O)N1CCN(c2ccc(I)cc2)C[C@H]1CO. The van der Waals surface area contributed by atoms with Crippen molar-refractivity contribution in [2.75, 3.05) is 31.1 Å². The van der Waals surface area contributed by atoms with Gasteiger partial charge in [-0.3, -0.25) is 4.90 Å². The number of halogens is 1. The zero-order valence-corrected chi connectivity index (χ0v) is 11.9. The summed E-state index contributed by atoms with van der Waals surface area (Å²) in [5.74, 6) is 0. The fourth-order valence-electron chi connectivity index (χ4n) is 2.15. The summed E-state index contributed by atoms with van der Waals surface area (Å²) in [5.41, 5.74) is 1.07. The number of aliphatic hydroxyl groups is 1.